The molecule has 0 N–H and O–H groups in total. The molecule has 3 heteroatoms. The van der Waals surface area contributed by atoms with E-state index in [4.69, 9.17) is 0 Å². The maximum Gasteiger partial charge on any atom is 0.223 e. The first-order chi connectivity index (χ1) is 12.9. The highest BCUT2D eigenvalue weighted by Crippen LogP contribution is 2.63. The Kier molecular flexibility index (Phi) is 3.83. The molecule has 1 saturated carbocycles. The van der Waals surface area contributed by atoms with Gasteiger partial charge in [-0.25, -0.2) is 0 Å². The third-order valence-electron chi connectivity index (χ3n) is 8.82. The van der Waals surface area contributed by atoms with Crippen molar-refractivity contribution in [3.63, 3.8) is 0 Å². The van der Waals surface area contributed by atoms with Crippen molar-refractivity contribution < 1.29 is 4.79 Å². The summed E-state index contributed by atoms with van der Waals surface area (Å²) in [5.74, 6) is 2.44. The molecule has 5 rings (SSSR count). The zero-order valence-corrected chi connectivity index (χ0v) is 17.0. The van der Waals surface area contributed by atoms with Crippen LogP contribution in [-0.4, -0.2) is 27.9 Å². The number of pyridine rings is 1. The molecule has 0 spiro atoms. The van der Waals surface area contributed by atoms with E-state index >= 15 is 0 Å². The zero-order chi connectivity index (χ0) is 18.8. The minimum Gasteiger partial charge on any atom is -0.337 e. The predicted octanol–water partition coefficient (Wildman–Crippen LogP) is 5.00. The van der Waals surface area contributed by atoms with Crippen LogP contribution >= 0.6 is 0 Å². The van der Waals surface area contributed by atoms with Gasteiger partial charge in [0.05, 0.1) is 0 Å². The van der Waals surface area contributed by atoms with Gasteiger partial charge >= 0.3 is 0 Å². The summed E-state index contributed by atoms with van der Waals surface area (Å²) in [6.07, 6.45) is 14.4. The van der Waals surface area contributed by atoms with Gasteiger partial charge < -0.3 is 4.90 Å². The molecule has 2 aliphatic carbocycles. The smallest absolute Gasteiger partial charge is 0.223 e. The molecule has 3 nitrogen and oxygen atoms in total. The molecule has 1 aromatic rings. The van der Waals surface area contributed by atoms with Crippen molar-refractivity contribution in [1.29, 1.82) is 0 Å². The molecule has 3 fully saturated rings. The molecule has 2 aliphatic heterocycles. The Hall–Kier alpha value is -1.64. The summed E-state index contributed by atoms with van der Waals surface area (Å²) in [7, 11) is 0. The maximum atomic E-state index is 12.9. The van der Waals surface area contributed by atoms with E-state index in [-0.39, 0.29) is 11.0 Å². The van der Waals surface area contributed by atoms with Crippen molar-refractivity contribution >= 4 is 11.5 Å². The maximum absolute atomic E-state index is 12.9. The summed E-state index contributed by atoms with van der Waals surface area (Å²) in [6.45, 7) is 8.10. The minimum atomic E-state index is 0.104. The molecule has 0 radical (unpaired) electrons. The largest absolute Gasteiger partial charge is 0.337 e. The van der Waals surface area contributed by atoms with Crippen LogP contribution in [0.2, 0.25) is 0 Å². The van der Waals surface area contributed by atoms with Crippen LogP contribution in [0.25, 0.3) is 5.57 Å². The Bertz CT molecular complexity index is 814. The predicted molar refractivity (Wildman–Crippen MR) is 108 cm³/mol. The van der Waals surface area contributed by atoms with E-state index in [1.165, 1.54) is 48.8 Å². The third kappa shape index (κ3) is 2.33. The van der Waals surface area contributed by atoms with Crippen molar-refractivity contribution in [2.24, 2.45) is 23.2 Å². The topological polar surface area (TPSA) is 33.2 Å². The van der Waals surface area contributed by atoms with Gasteiger partial charge in [-0.3, -0.25) is 9.78 Å². The second kappa shape index (κ2) is 5.93. The fourth-order valence-corrected chi connectivity index (χ4v) is 7.40. The monoisotopic (exact) mass is 364 g/mol. The van der Waals surface area contributed by atoms with Gasteiger partial charge in [0.25, 0.3) is 0 Å². The Morgan fingerprint density at radius 1 is 1.19 bits per heavy atom. The van der Waals surface area contributed by atoms with Crippen LogP contribution in [0.15, 0.2) is 24.5 Å². The summed E-state index contributed by atoms with van der Waals surface area (Å²) in [5, 5.41) is 0. The van der Waals surface area contributed by atoms with Gasteiger partial charge in [-0.05, 0) is 98.3 Å². The normalized spacial score (nSPS) is 40.9. The zero-order valence-electron chi connectivity index (χ0n) is 17.0. The van der Waals surface area contributed by atoms with Crippen molar-refractivity contribution in [1.82, 2.24) is 9.88 Å². The second-order valence-corrected chi connectivity index (χ2v) is 9.92. The lowest BCUT2D eigenvalue weighted by Crippen LogP contribution is -2.53. The number of nitrogens with zero attached hydrogens (tertiary/aromatic N) is 2. The van der Waals surface area contributed by atoms with E-state index in [9.17, 15) is 4.79 Å². The third-order valence-corrected chi connectivity index (χ3v) is 8.82. The second-order valence-electron chi connectivity index (χ2n) is 9.92. The molecule has 4 aliphatic rings. The van der Waals surface area contributed by atoms with Gasteiger partial charge in [-0.15, -0.1) is 0 Å². The lowest BCUT2D eigenvalue weighted by molar-refractivity contribution is -0.135. The molecule has 5 unspecified atom stereocenters. The molecule has 27 heavy (non-hydrogen) atoms. The number of rotatable bonds is 1. The number of fused-ring (bicyclic) bond motifs is 5. The fourth-order valence-electron chi connectivity index (χ4n) is 7.40. The fraction of sp³-hybridized carbons (Fsp3) is 0.667. The summed E-state index contributed by atoms with van der Waals surface area (Å²) in [4.78, 5) is 19.6. The number of aromatic nitrogens is 1. The van der Waals surface area contributed by atoms with Gasteiger partial charge in [0.15, 0.2) is 0 Å². The van der Waals surface area contributed by atoms with Crippen molar-refractivity contribution in [2.75, 3.05) is 6.54 Å². The molecule has 1 amide bonds. The van der Waals surface area contributed by atoms with E-state index in [1.807, 2.05) is 6.20 Å². The molecular formula is C24H32N2O. The van der Waals surface area contributed by atoms with Gasteiger partial charge in [-0.1, -0.05) is 13.0 Å². The summed E-state index contributed by atoms with van der Waals surface area (Å²) >= 11 is 0. The van der Waals surface area contributed by atoms with Crippen LogP contribution in [0.1, 0.15) is 69.9 Å². The van der Waals surface area contributed by atoms with E-state index in [0.29, 0.717) is 23.7 Å². The lowest BCUT2D eigenvalue weighted by Gasteiger charge is -2.53. The van der Waals surface area contributed by atoms with E-state index in [1.54, 1.807) is 0 Å². The first-order valence-electron chi connectivity index (χ1n) is 10.9. The average Bonchev–Trinajstić information content (AvgIpc) is 3.18. The van der Waals surface area contributed by atoms with Crippen LogP contribution in [0.3, 0.4) is 0 Å². The summed E-state index contributed by atoms with van der Waals surface area (Å²) < 4.78 is 0. The minimum absolute atomic E-state index is 0.104. The van der Waals surface area contributed by atoms with Crippen molar-refractivity contribution in [3.8, 4) is 0 Å². The lowest BCUT2D eigenvalue weighted by atomic mass is 9.53. The van der Waals surface area contributed by atoms with Gasteiger partial charge in [0.1, 0.15) is 0 Å². The quantitative estimate of drug-likeness (QED) is 0.702. The van der Waals surface area contributed by atoms with Crippen LogP contribution in [0.5, 0.6) is 0 Å². The highest BCUT2D eigenvalue weighted by atomic mass is 16.2. The standard InChI is InChI=1S/C24H32N2O/c1-16-10-13-25-15-18(16)20-7-6-19-17-5-8-22(27)26-14-4-11-24(26,3)21(17)9-12-23(19,20)2/h7,10,13,15,17,19,21H,4-6,8-9,11-12,14H2,1-3H3. The molecule has 5 atom stereocenters. The van der Waals surface area contributed by atoms with E-state index < -0.39 is 0 Å². The van der Waals surface area contributed by atoms with Crippen LogP contribution in [0, 0.1) is 30.1 Å². The molecule has 0 aromatic carbocycles. The molecule has 3 heterocycles. The molecule has 0 bridgehead atoms. The van der Waals surface area contributed by atoms with Crippen LogP contribution in [0.4, 0.5) is 0 Å². The Balaban J connectivity index is 1.52. The number of carbonyl (C=O) groups excluding carboxylic acids is 1. The average molecular weight is 365 g/mol. The van der Waals surface area contributed by atoms with Crippen molar-refractivity contribution in [2.45, 2.75) is 71.3 Å². The number of amides is 1. The summed E-state index contributed by atoms with van der Waals surface area (Å²) in [5.41, 5.74) is 4.56. The first kappa shape index (κ1) is 17.5. The van der Waals surface area contributed by atoms with Crippen LogP contribution in [-0.2, 0) is 4.79 Å². The van der Waals surface area contributed by atoms with E-state index in [0.717, 1.165) is 19.4 Å². The Labute approximate surface area is 163 Å². The van der Waals surface area contributed by atoms with Gasteiger partial charge in [0.2, 0.25) is 5.91 Å². The number of carbonyl (C=O) groups is 1. The number of allylic oxidation sites excluding steroid dienone is 2. The number of aryl methyl sites for hydroxylation is 1. The Morgan fingerprint density at radius 2 is 2.04 bits per heavy atom. The Morgan fingerprint density at radius 3 is 2.85 bits per heavy atom. The van der Waals surface area contributed by atoms with Crippen molar-refractivity contribution in [3.05, 3.63) is 35.7 Å². The van der Waals surface area contributed by atoms with Gasteiger partial charge in [-0.2, -0.15) is 0 Å². The van der Waals surface area contributed by atoms with Gasteiger partial charge in [0, 0.05) is 30.9 Å². The van der Waals surface area contributed by atoms with E-state index in [2.05, 4.69) is 49.0 Å². The van der Waals surface area contributed by atoms with Crippen LogP contribution < -0.4 is 0 Å². The summed E-state index contributed by atoms with van der Waals surface area (Å²) in [6, 6.07) is 2.14. The highest BCUT2D eigenvalue weighted by molar-refractivity contribution is 5.78. The number of hydrogen-bond donors (Lipinski definition) is 0. The molecule has 144 valence electrons. The SMILES string of the molecule is Cc1ccncc1C1=CCC2C3CCC(=O)N4CCCC4(C)C3CCC12C. The number of hydrogen-bond acceptors (Lipinski definition) is 2. The highest BCUT2D eigenvalue weighted by Gasteiger charge is 2.58. The molecule has 2 saturated heterocycles. The molecule has 1 aromatic heterocycles. The molecular weight excluding hydrogens is 332 g/mol. The first-order valence-corrected chi connectivity index (χ1v) is 10.9.